The smallest absolute Gasteiger partial charge is 0.371 e. The fourth-order valence-electron chi connectivity index (χ4n) is 0.665. The molecule has 0 aliphatic rings. The van der Waals surface area contributed by atoms with Gasteiger partial charge in [-0.25, -0.2) is 4.79 Å². The van der Waals surface area contributed by atoms with Crippen molar-refractivity contribution < 1.29 is 13.9 Å². The SMILES string of the molecule is C=C(F)C(=O)Oc1ccc(Cl)cc1. The van der Waals surface area contributed by atoms with Crippen LogP contribution in [0.3, 0.4) is 0 Å². The molecule has 1 aromatic carbocycles. The third kappa shape index (κ3) is 2.87. The summed E-state index contributed by atoms with van der Waals surface area (Å²) in [6.45, 7) is 2.80. The Morgan fingerprint density at radius 2 is 1.92 bits per heavy atom. The van der Waals surface area contributed by atoms with Crippen LogP contribution in [0.5, 0.6) is 5.75 Å². The Bertz CT molecular complexity index is 332. The lowest BCUT2D eigenvalue weighted by atomic mass is 10.3. The predicted octanol–water partition coefficient (Wildman–Crippen LogP) is 2.73. The first kappa shape index (κ1) is 9.74. The summed E-state index contributed by atoms with van der Waals surface area (Å²) in [5.41, 5.74) is 0. The van der Waals surface area contributed by atoms with Gasteiger partial charge in [-0.2, -0.15) is 4.39 Å². The highest BCUT2D eigenvalue weighted by atomic mass is 35.5. The molecule has 1 rings (SSSR count). The predicted molar refractivity (Wildman–Crippen MR) is 47.3 cm³/mol. The molecule has 0 aliphatic heterocycles. The Balaban J connectivity index is 2.70. The third-order valence-electron chi connectivity index (χ3n) is 1.25. The molecule has 0 heterocycles. The summed E-state index contributed by atoms with van der Waals surface area (Å²) in [5, 5.41) is 0.513. The van der Waals surface area contributed by atoms with Gasteiger partial charge in [0.25, 0.3) is 0 Å². The molecule has 0 fully saturated rings. The standard InChI is InChI=1S/C9H6ClFO2/c1-6(11)9(12)13-8-4-2-7(10)3-5-8/h2-5H,1H2. The van der Waals surface area contributed by atoms with Crippen molar-refractivity contribution in [2.75, 3.05) is 0 Å². The maximum absolute atomic E-state index is 12.2. The Morgan fingerprint density at radius 3 is 2.38 bits per heavy atom. The van der Waals surface area contributed by atoms with Gasteiger partial charge in [-0.3, -0.25) is 0 Å². The third-order valence-corrected chi connectivity index (χ3v) is 1.50. The molecule has 0 saturated heterocycles. The molecule has 0 aromatic heterocycles. The molecule has 0 bridgehead atoms. The van der Waals surface area contributed by atoms with Crippen molar-refractivity contribution in [2.45, 2.75) is 0 Å². The van der Waals surface area contributed by atoms with Crippen LogP contribution in [0.2, 0.25) is 5.02 Å². The Labute approximate surface area is 79.6 Å². The number of halogens is 2. The molecule has 0 radical (unpaired) electrons. The van der Waals surface area contributed by atoms with Gasteiger partial charge in [0.2, 0.25) is 5.83 Å². The van der Waals surface area contributed by atoms with Crippen molar-refractivity contribution in [3.8, 4) is 5.75 Å². The van der Waals surface area contributed by atoms with Gasteiger partial charge in [-0.05, 0) is 24.3 Å². The van der Waals surface area contributed by atoms with E-state index in [1.807, 2.05) is 0 Å². The maximum atomic E-state index is 12.2. The number of rotatable bonds is 2. The molecular weight excluding hydrogens is 195 g/mol. The number of carbonyl (C=O) groups is 1. The number of carbonyl (C=O) groups excluding carboxylic acids is 1. The molecule has 2 nitrogen and oxygen atoms in total. The Hall–Kier alpha value is -1.35. The van der Waals surface area contributed by atoms with E-state index in [1.54, 1.807) is 0 Å². The molecule has 1 aromatic rings. The van der Waals surface area contributed by atoms with Gasteiger partial charge in [-0.1, -0.05) is 18.2 Å². The average Bonchev–Trinajstić information content (AvgIpc) is 2.08. The lowest BCUT2D eigenvalue weighted by Crippen LogP contribution is -2.07. The second-order valence-corrected chi connectivity index (χ2v) is 2.68. The summed E-state index contributed by atoms with van der Waals surface area (Å²) in [4.78, 5) is 10.7. The topological polar surface area (TPSA) is 26.3 Å². The monoisotopic (exact) mass is 200 g/mol. The zero-order valence-electron chi connectivity index (χ0n) is 6.59. The van der Waals surface area contributed by atoms with Gasteiger partial charge in [0, 0.05) is 5.02 Å². The van der Waals surface area contributed by atoms with Crippen molar-refractivity contribution >= 4 is 17.6 Å². The average molecular weight is 201 g/mol. The first-order chi connectivity index (χ1) is 6.09. The number of hydrogen-bond acceptors (Lipinski definition) is 2. The van der Waals surface area contributed by atoms with Crippen LogP contribution < -0.4 is 4.74 Å². The van der Waals surface area contributed by atoms with Gasteiger partial charge in [-0.15, -0.1) is 0 Å². The van der Waals surface area contributed by atoms with Crippen LogP contribution in [-0.4, -0.2) is 5.97 Å². The number of ether oxygens (including phenoxy) is 1. The highest BCUT2D eigenvalue weighted by molar-refractivity contribution is 6.30. The molecule has 0 N–H and O–H groups in total. The van der Waals surface area contributed by atoms with Gasteiger partial charge in [0.05, 0.1) is 0 Å². The van der Waals surface area contributed by atoms with E-state index in [9.17, 15) is 9.18 Å². The van der Waals surface area contributed by atoms with Crippen molar-refractivity contribution in [3.05, 3.63) is 41.7 Å². The van der Waals surface area contributed by atoms with Crippen molar-refractivity contribution in [2.24, 2.45) is 0 Å². The van der Waals surface area contributed by atoms with Crippen LogP contribution in [-0.2, 0) is 4.79 Å². The lowest BCUT2D eigenvalue weighted by molar-refractivity contribution is -0.131. The summed E-state index contributed by atoms with van der Waals surface area (Å²) in [5.74, 6) is -1.99. The summed E-state index contributed by atoms with van der Waals surface area (Å²) in [6.07, 6.45) is 0. The van der Waals surface area contributed by atoms with E-state index < -0.39 is 11.8 Å². The van der Waals surface area contributed by atoms with E-state index in [2.05, 4.69) is 11.3 Å². The molecule has 4 heteroatoms. The normalized spacial score (nSPS) is 9.38. The van der Waals surface area contributed by atoms with Crippen LogP contribution in [0, 0.1) is 0 Å². The molecule has 0 atom stereocenters. The first-order valence-corrected chi connectivity index (χ1v) is 3.79. The molecular formula is C9H6ClFO2. The van der Waals surface area contributed by atoms with Crippen LogP contribution >= 0.6 is 11.6 Å². The molecule has 0 spiro atoms. The Kier molecular flexibility index (Phi) is 3.03. The molecule has 0 aliphatic carbocycles. The van der Waals surface area contributed by atoms with Crippen molar-refractivity contribution in [3.63, 3.8) is 0 Å². The fourth-order valence-corrected chi connectivity index (χ4v) is 0.791. The minimum absolute atomic E-state index is 0.230. The molecule has 68 valence electrons. The first-order valence-electron chi connectivity index (χ1n) is 3.42. The van der Waals surface area contributed by atoms with Gasteiger partial charge in [0.1, 0.15) is 5.75 Å². The van der Waals surface area contributed by atoms with Crippen molar-refractivity contribution in [1.29, 1.82) is 0 Å². The van der Waals surface area contributed by atoms with Crippen LogP contribution in [0.25, 0.3) is 0 Å². The fraction of sp³-hybridized carbons (Fsp3) is 0. The highest BCUT2D eigenvalue weighted by Gasteiger charge is 2.07. The minimum atomic E-state index is -1.13. The molecule has 0 saturated carbocycles. The maximum Gasteiger partial charge on any atom is 0.371 e. The number of esters is 1. The lowest BCUT2D eigenvalue weighted by Gasteiger charge is -2.00. The van der Waals surface area contributed by atoms with Crippen LogP contribution in [0.1, 0.15) is 0 Å². The molecule has 0 amide bonds. The highest BCUT2D eigenvalue weighted by Crippen LogP contribution is 2.16. The van der Waals surface area contributed by atoms with E-state index in [1.165, 1.54) is 24.3 Å². The van der Waals surface area contributed by atoms with Gasteiger partial charge >= 0.3 is 5.97 Å². The quantitative estimate of drug-likeness (QED) is 0.417. The summed E-state index contributed by atoms with van der Waals surface area (Å²) in [7, 11) is 0. The van der Waals surface area contributed by atoms with E-state index in [0.717, 1.165) is 0 Å². The van der Waals surface area contributed by atoms with Crippen LogP contribution in [0.4, 0.5) is 4.39 Å². The van der Waals surface area contributed by atoms with Crippen molar-refractivity contribution in [1.82, 2.24) is 0 Å². The zero-order valence-corrected chi connectivity index (χ0v) is 7.34. The van der Waals surface area contributed by atoms with E-state index in [-0.39, 0.29) is 5.75 Å². The Morgan fingerprint density at radius 1 is 1.38 bits per heavy atom. The van der Waals surface area contributed by atoms with E-state index in [4.69, 9.17) is 11.6 Å². The molecule has 0 unspecified atom stereocenters. The van der Waals surface area contributed by atoms with Crippen LogP contribution in [0.15, 0.2) is 36.7 Å². The second-order valence-electron chi connectivity index (χ2n) is 2.25. The summed E-state index contributed by atoms with van der Waals surface area (Å²) < 4.78 is 16.7. The molecule has 13 heavy (non-hydrogen) atoms. The van der Waals surface area contributed by atoms with E-state index >= 15 is 0 Å². The zero-order chi connectivity index (χ0) is 9.84. The van der Waals surface area contributed by atoms with Gasteiger partial charge in [0.15, 0.2) is 0 Å². The van der Waals surface area contributed by atoms with E-state index in [0.29, 0.717) is 5.02 Å². The number of benzene rings is 1. The minimum Gasteiger partial charge on any atom is -0.421 e. The number of hydrogen-bond donors (Lipinski definition) is 0. The summed E-state index contributed by atoms with van der Waals surface area (Å²) in [6, 6.07) is 5.99. The summed E-state index contributed by atoms with van der Waals surface area (Å²) >= 11 is 5.58. The van der Waals surface area contributed by atoms with Gasteiger partial charge < -0.3 is 4.74 Å². The largest absolute Gasteiger partial charge is 0.421 e. The second kappa shape index (κ2) is 4.05.